The van der Waals surface area contributed by atoms with Crippen LogP contribution in [0.25, 0.3) is 0 Å². The highest BCUT2D eigenvalue weighted by molar-refractivity contribution is 6.65. The highest BCUT2D eigenvalue weighted by Gasteiger charge is 2.26. The fraction of sp³-hybridized carbons (Fsp3) is 0.125. The molecule has 2 aromatic carbocycles. The Morgan fingerprint density at radius 2 is 1.05 bits per heavy atom. The smallest absolute Gasteiger partial charge is 0.243 e. The maximum absolute atomic E-state index is 11.7. The molecule has 2 aromatic rings. The molecule has 0 spiro atoms. The molecule has 5 heteroatoms. The van der Waals surface area contributed by atoms with Crippen LogP contribution >= 0.6 is 23.2 Å². The summed E-state index contributed by atoms with van der Waals surface area (Å²) in [5, 5.41) is 1.73. The van der Waals surface area contributed by atoms with Crippen LogP contribution in [-0.4, -0.2) is 10.5 Å². The summed E-state index contributed by atoms with van der Waals surface area (Å²) in [5.74, 6) is 0. The van der Waals surface area contributed by atoms with Crippen molar-refractivity contribution in [2.45, 2.75) is 12.1 Å². The minimum absolute atomic E-state index is 0.597. The van der Waals surface area contributed by atoms with Gasteiger partial charge in [0.25, 0.3) is 0 Å². The number of carbonyl (C=O) groups is 2. The Morgan fingerprint density at radius 1 is 0.714 bits per heavy atom. The zero-order valence-corrected chi connectivity index (χ0v) is 12.5. The van der Waals surface area contributed by atoms with Crippen molar-refractivity contribution in [3.05, 3.63) is 71.8 Å². The maximum atomic E-state index is 11.7. The van der Waals surface area contributed by atoms with Crippen LogP contribution < -0.4 is 5.32 Å². The molecule has 0 fully saturated rings. The molecule has 1 N–H and O–H groups in total. The molecule has 0 amide bonds. The molecule has 2 atom stereocenters. The average Bonchev–Trinajstić information content (AvgIpc) is 2.49. The zero-order chi connectivity index (χ0) is 15.2. The van der Waals surface area contributed by atoms with Crippen molar-refractivity contribution in [1.82, 2.24) is 5.32 Å². The molecule has 0 heterocycles. The zero-order valence-electron chi connectivity index (χ0n) is 11.0. The van der Waals surface area contributed by atoms with Gasteiger partial charge in [0.15, 0.2) is 0 Å². The number of hydrogen-bond donors (Lipinski definition) is 1. The van der Waals surface area contributed by atoms with Crippen LogP contribution in [0.5, 0.6) is 0 Å². The van der Waals surface area contributed by atoms with Gasteiger partial charge in [0.1, 0.15) is 12.1 Å². The summed E-state index contributed by atoms with van der Waals surface area (Å²) >= 11 is 11.3. The van der Waals surface area contributed by atoms with Gasteiger partial charge in [-0.3, -0.25) is 14.9 Å². The number of nitrogens with one attached hydrogen (secondary N) is 1. The lowest BCUT2D eigenvalue weighted by Gasteiger charge is -2.21. The fourth-order valence-electron chi connectivity index (χ4n) is 2.04. The molecular formula is C16H13Cl2NO2. The van der Waals surface area contributed by atoms with E-state index in [9.17, 15) is 9.59 Å². The van der Waals surface area contributed by atoms with E-state index in [0.717, 1.165) is 0 Å². The van der Waals surface area contributed by atoms with Crippen molar-refractivity contribution in [3.63, 3.8) is 0 Å². The lowest BCUT2D eigenvalue weighted by molar-refractivity contribution is -0.115. The Hall–Kier alpha value is -1.68. The Balaban J connectivity index is 2.30. The number of hydrogen-bond acceptors (Lipinski definition) is 3. The van der Waals surface area contributed by atoms with Gasteiger partial charge in [-0.15, -0.1) is 0 Å². The van der Waals surface area contributed by atoms with Crippen LogP contribution in [0.3, 0.4) is 0 Å². The second kappa shape index (κ2) is 7.36. The largest absolute Gasteiger partial charge is 0.288 e. The average molecular weight is 322 g/mol. The second-order valence-corrected chi connectivity index (χ2v) is 5.21. The SMILES string of the molecule is O=C(Cl)C(NC(C(=O)Cl)c1ccccc1)c1ccccc1. The molecule has 0 bridgehead atoms. The van der Waals surface area contributed by atoms with E-state index in [2.05, 4.69) is 5.32 Å². The fourth-order valence-corrected chi connectivity index (χ4v) is 2.42. The van der Waals surface area contributed by atoms with Gasteiger partial charge in [0, 0.05) is 0 Å². The molecule has 3 nitrogen and oxygen atoms in total. The molecule has 0 saturated carbocycles. The normalized spacial score (nSPS) is 13.4. The van der Waals surface area contributed by atoms with Gasteiger partial charge in [-0.1, -0.05) is 60.7 Å². The monoisotopic (exact) mass is 321 g/mol. The first kappa shape index (κ1) is 15.7. The van der Waals surface area contributed by atoms with E-state index >= 15 is 0 Å². The summed E-state index contributed by atoms with van der Waals surface area (Å²) in [4.78, 5) is 23.4. The van der Waals surface area contributed by atoms with Crippen molar-refractivity contribution in [3.8, 4) is 0 Å². The highest BCUT2D eigenvalue weighted by Crippen LogP contribution is 2.23. The summed E-state index contributed by atoms with van der Waals surface area (Å²) < 4.78 is 0. The van der Waals surface area contributed by atoms with Crippen molar-refractivity contribution >= 4 is 33.7 Å². The third-order valence-electron chi connectivity index (χ3n) is 3.05. The number of halogens is 2. The minimum Gasteiger partial charge on any atom is -0.288 e. The molecule has 0 radical (unpaired) electrons. The predicted octanol–water partition coefficient (Wildman–Crippen LogP) is 3.59. The van der Waals surface area contributed by atoms with E-state index in [1.54, 1.807) is 48.5 Å². The van der Waals surface area contributed by atoms with E-state index in [1.807, 2.05) is 12.1 Å². The minimum atomic E-state index is -0.805. The Morgan fingerprint density at radius 3 is 1.33 bits per heavy atom. The maximum Gasteiger partial charge on any atom is 0.243 e. The number of rotatable bonds is 6. The van der Waals surface area contributed by atoms with Crippen LogP contribution in [0.4, 0.5) is 0 Å². The molecule has 0 aromatic heterocycles. The van der Waals surface area contributed by atoms with Gasteiger partial charge < -0.3 is 0 Å². The van der Waals surface area contributed by atoms with E-state index in [0.29, 0.717) is 11.1 Å². The van der Waals surface area contributed by atoms with Crippen molar-refractivity contribution in [1.29, 1.82) is 0 Å². The Bertz CT molecular complexity index is 561. The summed E-state index contributed by atoms with van der Waals surface area (Å²) in [5.41, 5.74) is 1.35. The standard InChI is InChI=1S/C16H13Cl2NO2/c17-15(20)13(11-7-3-1-4-8-11)19-14(16(18)21)12-9-5-2-6-10-12/h1-10,13-14,19H. The van der Waals surface area contributed by atoms with Gasteiger partial charge in [0.2, 0.25) is 10.5 Å². The first-order valence-corrected chi connectivity index (χ1v) is 7.10. The third kappa shape index (κ3) is 4.14. The second-order valence-electron chi connectivity index (χ2n) is 4.46. The van der Waals surface area contributed by atoms with Crippen molar-refractivity contribution in [2.75, 3.05) is 0 Å². The highest BCUT2D eigenvalue weighted by atomic mass is 35.5. The molecule has 0 aliphatic rings. The summed E-state index contributed by atoms with van der Waals surface area (Å²) in [6.45, 7) is 0. The third-order valence-corrected chi connectivity index (χ3v) is 3.49. The summed E-state index contributed by atoms with van der Waals surface area (Å²) in [7, 11) is 0. The van der Waals surface area contributed by atoms with Crippen LogP contribution in [0.15, 0.2) is 60.7 Å². The lowest BCUT2D eigenvalue weighted by Crippen LogP contribution is -2.33. The molecule has 2 unspecified atom stereocenters. The van der Waals surface area contributed by atoms with Gasteiger partial charge >= 0.3 is 0 Å². The van der Waals surface area contributed by atoms with Crippen molar-refractivity contribution < 1.29 is 9.59 Å². The van der Waals surface area contributed by atoms with Crippen LogP contribution in [0.2, 0.25) is 0 Å². The van der Waals surface area contributed by atoms with E-state index in [-0.39, 0.29) is 0 Å². The molecule has 21 heavy (non-hydrogen) atoms. The quantitative estimate of drug-likeness (QED) is 0.827. The topological polar surface area (TPSA) is 46.2 Å². The van der Waals surface area contributed by atoms with Gasteiger partial charge in [-0.25, -0.2) is 0 Å². The first-order valence-electron chi connectivity index (χ1n) is 6.34. The van der Waals surface area contributed by atoms with Crippen LogP contribution in [-0.2, 0) is 9.59 Å². The van der Waals surface area contributed by atoms with Gasteiger partial charge in [-0.05, 0) is 34.3 Å². The Labute approximate surface area is 132 Å². The summed E-state index contributed by atoms with van der Waals surface area (Å²) in [6.07, 6.45) is 0. The number of carbonyl (C=O) groups excluding carboxylic acids is 2. The number of benzene rings is 2. The van der Waals surface area contributed by atoms with Crippen molar-refractivity contribution in [2.24, 2.45) is 0 Å². The van der Waals surface area contributed by atoms with E-state index in [1.165, 1.54) is 0 Å². The molecule has 0 aliphatic heterocycles. The molecular weight excluding hydrogens is 309 g/mol. The lowest BCUT2D eigenvalue weighted by atomic mass is 10.0. The molecule has 0 aliphatic carbocycles. The molecule has 108 valence electrons. The molecule has 0 saturated heterocycles. The first-order chi connectivity index (χ1) is 10.1. The van der Waals surface area contributed by atoms with E-state index in [4.69, 9.17) is 23.2 Å². The predicted molar refractivity (Wildman–Crippen MR) is 83.2 cm³/mol. The Kier molecular flexibility index (Phi) is 5.51. The summed E-state index contributed by atoms with van der Waals surface area (Å²) in [6, 6.07) is 16.3. The van der Waals surface area contributed by atoms with Crippen LogP contribution in [0, 0.1) is 0 Å². The van der Waals surface area contributed by atoms with Gasteiger partial charge in [-0.2, -0.15) is 0 Å². The van der Waals surface area contributed by atoms with Gasteiger partial charge in [0.05, 0.1) is 0 Å². The van der Waals surface area contributed by atoms with E-state index < -0.39 is 22.6 Å². The molecule has 2 rings (SSSR count). The van der Waals surface area contributed by atoms with Crippen LogP contribution in [0.1, 0.15) is 23.2 Å².